The fourth-order valence-electron chi connectivity index (χ4n) is 3.41. The second-order valence-electron chi connectivity index (χ2n) is 6.78. The zero-order valence-electron chi connectivity index (χ0n) is 15.5. The standard InChI is InChI=1S/C20H19N3O7/c21-23-22-16-19(28)30-15(14(25)13(24)11-7-3-1-4-8-11)18(27)20(16,29)17(26)12-9-5-2-6-10-12/h1-10,14-16,18-19,25,27-29H/t14?,15-,16+,18-,19-,20+/m1/s1. The van der Waals surface area contributed by atoms with E-state index in [0.29, 0.717) is 0 Å². The van der Waals surface area contributed by atoms with Crippen molar-refractivity contribution in [1.29, 1.82) is 0 Å². The van der Waals surface area contributed by atoms with Gasteiger partial charge in [-0.05, 0) is 5.53 Å². The largest absolute Gasteiger partial charge is 0.387 e. The molecule has 0 radical (unpaired) electrons. The molecule has 10 nitrogen and oxygen atoms in total. The molecule has 0 saturated carbocycles. The number of aliphatic hydroxyl groups excluding tert-OH is 3. The van der Waals surface area contributed by atoms with E-state index in [9.17, 15) is 30.0 Å². The molecule has 0 aliphatic carbocycles. The molecule has 0 amide bonds. The SMILES string of the molecule is [N-]=[N+]=N[C@H]1[C@H](O)O[C@H](C(O)C(=O)c2ccccc2)[C@@H](O)[C@@]1(O)C(=O)c1ccccc1. The quantitative estimate of drug-likeness (QED) is 0.232. The van der Waals surface area contributed by atoms with Crippen LogP contribution in [0.1, 0.15) is 20.7 Å². The van der Waals surface area contributed by atoms with Gasteiger partial charge in [0.15, 0.2) is 23.5 Å². The van der Waals surface area contributed by atoms with E-state index < -0.39 is 47.8 Å². The summed E-state index contributed by atoms with van der Waals surface area (Å²) in [5, 5.41) is 46.0. The van der Waals surface area contributed by atoms with E-state index >= 15 is 0 Å². The number of benzene rings is 2. The zero-order valence-corrected chi connectivity index (χ0v) is 15.5. The van der Waals surface area contributed by atoms with Crippen molar-refractivity contribution in [3.8, 4) is 0 Å². The third kappa shape index (κ3) is 3.71. The molecule has 156 valence electrons. The van der Waals surface area contributed by atoms with Gasteiger partial charge < -0.3 is 25.2 Å². The second-order valence-corrected chi connectivity index (χ2v) is 6.78. The Labute approximate surface area is 170 Å². The molecule has 3 rings (SSSR count). The van der Waals surface area contributed by atoms with Crippen LogP contribution in [-0.2, 0) is 4.74 Å². The highest BCUT2D eigenvalue weighted by atomic mass is 16.6. The minimum absolute atomic E-state index is 0.0473. The van der Waals surface area contributed by atoms with Gasteiger partial charge in [0.05, 0.1) is 0 Å². The molecule has 2 aromatic carbocycles. The fraction of sp³-hybridized carbons (Fsp3) is 0.300. The van der Waals surface area contributed by atoms with Gasteiger partial charge in [-0.25, -0.2) is 0 Å². The van der Waals surface area contributed by atoms with E-state index in [1.807, 2.05) is 0 Å². The Bertz CT molecular complexity index is 965. The molecule has 1 saturated heterocycles. The van der Waals surface area contributed by atoms with Crippen LogP contribution in [0.5, 0.6) is 0 Å². The molecule has 1 aliphatic heterocycles. The first-order valence-electron chi connectivity index (χ1n) is 8.97. The van der Waals surface area contributed by atoms with Crippen molar-refractivity contribution in [1.82, 2.24) is 0 Å². The normalized spacial score (nSPS) is 29.5. The molecule has 1 unspecified atom stereocenters. The summed E-state index contributed by atoms with van der Waals surface area (Å²) in [5.74, 6) is -1.93. The first-order valence-corrected chi connectivity index (χ1v) is 8.97. The zero-order chi connectivity index (χ0) is 21.9. The molecule has 1 aliphatic rings. The van der Waals surface area contributed by atoms with Gasteiger partial charge in [-0.15, -0.1) is 0 Å². The number of ketones is 2. The number of Topliss-reactive ketones (excluding diaryl/α,β-unsaturated/α-hetero) is 2. The van der Waals surface area contributed by atoms with E-state index in [1.165, 1.54) is 36.4 Å². The fourth-order valence-corrected chi connectivity index (χ4v) is 3.41. The average molecular weight is 413 g/mol. The number of carbonyl (C=O) groups is 2. The van der Waals surface area contributed by atoms with Gasteiger partial charge in [0.1, 0.15) is 24.4 Å². The summed E-state index contributed by atoms with van der Waals surface area (Å²) in [6, 6.07) is 13.0. The van der Waals surface area contributed by atoms with Crippen LogP contribution < -0.4 is 0 Å². The van der Waals surface area contributed by atoms with Gasteiger partial charge in [-0.1, -0.05) is 65.8 Å². The summed E-state index contributed by atoms with van der Waals surface area (Å²) < 4.78 is 5.11. The topological polar surface area (TPSA) is 173 Å². The summed E-state index contributed by atoms with van der Waals surface area (Å²) in [6.07, 6.45) is -8.19. The van der Waals surface area contributed by atoms with Gasteiger partial charge in [-0.2, -0.15) is 0 Å². The maximum Gasteiger partial charge on any atom is 0.197 e. The van der Waals surface area contributed by atoms with Crippen molar-refractivity contribution in [3.05, 3.63) is 82.2 Å². The monoisotopic (exact) mass is 413 g/mol. The first-order chi connectivity index (χ1) is 14.3. The Hall–Kier alpha value is -3.11. The lowest BCUT2D eigenvalue weighted by atomic mass is 9.75. The minimum atomic E-state index is -2.87. The number of azide groups is 1. The Morgan fingerprint density at radius 1 is 1.03 bits per heavy atom. The lowest BCUT2D eigenvalue weighted by Crippen LogP contribution is -2.71. The molecule has 0 spiro atoms. The van der Waals surface area contributed by atoms with Crippen LogP contribution in [0.15, 0.2) is 65.8 Å². The number of ether oxygens (including phenoxy) is 1. The number of hydrogen-bond acceptors (Lipinski definition) is 8. The predicted molar refractivity (Wildman–Crippen MR) is 102 cm³/mol. The van der Waals surface area contributed by atoms with E-state index in [4.69, 9.17) is 10.3 Å². The van der Waals surface area contributed by atoms with Gasteiger partial charge >= 0.3 is 0 Å². The molecule has 30 heavy (non-hydrogen) atoms. The second kappa shape index (κ2) is 8.72. The number of rotatable bonds is 6. The van der Waals surface area contributed by atoms with Gasteiger partial charge in [0, 0.05) is 16.0 Å². The molecule has 0 bridgehead atoms. The molecule has 4 N–H and O–H groups in total. The molecule has 1 heterocycles. The van der Waals surface area contributed by atoms with Gasteiger partial charge in [0.25, 0.3) is 0 Å². The van der Waals surface area contributed by atoms with Crippen molar-refractivity contribution in [2.24, 2.45) is 5.11 Å². The minimum Gasteiger partial charge on any atom is -0.387 e. The third-order valence-corrected chi connectivity index (χ3v) is 4.99. The maximum atomic E-state index is 13.0. The first kappa shape index (κ1) is 21.6. The van der Waals surface area contributed by atoms with Crippen molar-refractivity contribution < 1.29 is 34.8 Å². The number of carbonyl (C=O) groups excluding carboxylic acids is 2. The van der Waals surface area contributed by atoms with Crippen molar-refractivity contribution in [3.63, 3.8) is 0 Å². The average Bonchev–Trinajstić information content (AvgIpc) is 2.78. The smallest absolute Gasteiger partial charge is 0.197 e. The number of nitrogens with zero attached hydrogens (tertiary/aromatic N) is 3. The Morgan fingerprint density at radius 3 is 2.10 bits per heavy atom. The summed E-state index contributed by atoms with van der Waals surface area (Å²) in [5.41, 5.74) is 5.98. The van der Waals surface area contributed by atoms with E-state index in [0.717, 1.165) is 0 Å². The van der Waals surface area contributed by atoms with Crippen LogP contribution in [0.2, 0.25) is 0 Å². The maximum absolute atomic E-state index is 13.0. The Balaban J connectivity index is 2.01. The van der Waals surface area contributed by atoms with Gasteiger partial charge in [0.2, 0.25) is 0 Å². The van der Waals surface area contributed by atoms with Crippen LogP contribution in [0.3, 0.4) is 0 Å². The lowest BCUT2D eigenvalue weighted by molar-refractivity contribution is -0.274. The molecule has 10 heteroatoms. The number of hydrogen-bond donors (Lipinski definition) is 4. The van der Waals surface area contributed by atoms with Crippen LogP contribution in [-0.4, -0.2) is 68.2 Å². The summed E-state index contributed by atoms with van der Waals surface area (Å²) in [4.78, 5) is 28.1. The summed E-state index contributed by atoms with van der Waals surface area (Å²) in [7, 11) is 0. The highest BCUT2D eigenvalue weighted by Crippen LogP contribution is 2.36. The van der Waals surface area contributed by atoms with Crippen molar-refractivity contribution in [2.75, 3.05) is 0 Å². The van der Waals surface area contributed by atoms with Crippen molar-refractivity contribution >= 4 is 11.6 Å². The molecule has 2 aromatic rings. The van der Waals surface area contributed by atoms with Crippen LogP contribution in [0.25, 0.3) is 10.4 Å². The highest BCUT2D eigenvalue weighted by Gasteiger charge is 2.61. The van der Waals surface area contributed by atoms with E-state index in [2.05, 4.69) is 10.0 Å². The van der Waals surface area contributed by atoms with Gasteiger partial charge in [-0.3, -0.25) is 9.59 Å². The molecule has 0 aromatic heterocycles. The molecular weight excluding hydrogens is 394 g/mol. The highest BCUT2D eigenvalue weighted by molar-refractivity contribution is 6.04. The van der Waals surface area contributed by atoms with Crippen molar-refractivity contribution in [2.45, 2.75) is 36.2 Å². The molecular formula is C20H19N3O7. The summed E-state index contributed by atoms with van der Waals surface area (Å²) in [6.45, 7) is 0. The van der Waals surface area contributed by atoms with Crippen LogP contribution >= 0.6 is 0 Å². The summed E-state index contributed by atoms with van der Waals surface area (Å²) >= 11 is 0. The van der Waals surface area contributed by atoms with E-state index in [-0.39, 0.29) is 11.1 Å². The third-order valence-electron chi connectivity index (χ3n) is 4.99. The van der Waals surface area contributed by atoms with E-state index in [1.54, 1.807) is 24.3 Å². The lowest BCUT2D eigenvalue weighted by Gasteiger charge is -2.47. The molecule has 1 fully saturated rings. The Kier molecular flexibility index (Phi) is 6.28. The Morgan fingerprint density at radius 2 is 1.57 bits per heavy atom. The van der Waals surface area contributed by atoms with Crippen LogP contribution in [0.4, 0.5) is 0 Å². The van der Waals surface area contributed by atoms with Crippen LogP contribution in [0, 0.1) is 0 Å². The number of aliphatic hydroxyl groups is 4. The molecule has 6 atom stereocenters. The predicted octanol–water partition coefficient (Wildman–Crippen LogP) is 0.601.